The van der Waals surface area contributed by atoms with Crippen LogP contribution in [0, 0.1) is 11.7 Å². The summed E-state index contributed by atoms with van der Waals surface area (Å²) in [5.74, 6) is 0.798. The highest BCUT2D eigenvalue weighted by molar-refractivity contribution is 7.16. The van der Waals surface area contributed by atoms with Crippen LogP contribution in [0.5, 0.6) is 5.75 Å². The summed E-state index contributed by atoms with van der Waals surface area (Å²) in [7, 11) is 0. The molecule has 1 saturated heterocycles. The van der Waals surface area contributed by atoms with E-state index in [1.165, 1.54) is 23.5 Å². The lowest BCUT2D eigenvalue weighted by Gasteiger charge is -2.41. The number of ether oxygens (including phenoxy) is 1. The number of anilines is 1. The van der Waals surface area contributed by atoms with Gasteiger partial charge in [0.2, 0.25) is 11.9 Å². The van der Waals surface area contributed by atoms with E-state index in [-0.39, 0.29) is 29.8 Å². The topological polar surface area (TPSA) is 80.2 Å². The van der Waals surface area contributed by atoms with Crippen LogP contribution in [0.25, 0.3) is 10.2 Å². The van der Waals surface area contributed by atoms with Crippen LogP contribution in [0.1, 0.15) is 12.8 Å². The Labute approximate surface area is 164 Å². The minimum atomic E-state index is -0.336. The molecular formula is C19H18FN5O2S. The second-order valence-corrected chi connectivity index (χ2v) is 8.06. The number of halogens is 1. The molecule has 1 aromatic carbocycles. The number of benzene rings is 1. The molecule has 0 atom stereocenters. The van der Waals surface area contributed by atoms with Gasteiger partial charge >= 0.3 is 0 Å². The summed E-state index contributed by atoms with van der Waals surface area (Å²) in [6.07, 6.45) is 4.60. The van der Waals surface area contributed by atoms with E-state index in [1.54, 1.807) is 24.0 Å². The lowest BCUT2D eigenvalue weighted by atomic mass is 9.81. The number of carbonyl (C=O) groups is 1. The Bertz CT molecular complexity index is 1000. The molecule has 0 bridgehead atoms. The van der Waals surface area contributed by atoms with Crippen molar-refractivity contribution in [2.75, 3.05) is 18.0 Å². The summed E-state index contributed by atoms with van der Waals surface area (Å²) >= 11 is 1.38. The second kappa shape index (κ2) is 6.97. The molecule has 1 amide bonds. The maximum atomic E-state index is 13.7. The summed E-state index contributed by atoms with van der Waals surface area (Å²) in [5, 5.41) is 3.07. The molecule has 9 heteroatoms. The fourth-order valence-corrected chi connectivity index (χ4v) is 4.27. The Morgan fingerprint density at radius 1 is 1.21 bits per heavy atom. The van der Waals surface area contributed by atoms with E-state index in [0.717, 1.165) is 4.70 Å². The van der Waals surface area contributed by atoms with Gasteiger partial charge in [0.05, 0.1) is 16.3 Å². The number of hydrogen-bond acceptors (Lipinski definition) is 7. The molecule has 2 aromatic heterocycles. The predicted molar refractivity (Wildman–Crippen MR) is 103 cm³/mol. The SMILES string of the molecule is O=C(NC1CN(c2ncccn2)C1)C1CC(Oc2cc(F)cc3scnc23)C1. The molecule has 1 N–H and O–H groups in total. The largest absolute Gasteiger partial charge is 0.488 e. The average molecular weight is 399 g/mol. The molecule has 7 nitrogen and oxygen atoms in total. The lowest BCUT2D eigenvalue weighted by molar-refractivity contribution is -0.131. The molecule has 2 fully saturated rings. The zero-order chi connectivity index (χ0) is 19.1. The zero-order valence-corrected chi connectivity index (χ0v) is 15.7. The van der Waals surface area contributed by atoms with E-state index in [4.69, 9.17) is 4.74 Å². The maximum absolute atomic E-state index is 13.7. The minimum Gasteiger partial charge on any atom is -0.488 e. The minimum absolute atomic E-state index is 0.0523. The van der Waals surface area contributed by atoms with Crippen molar-refractivity contribution in [3.63, 3.8) is 0 Å². The first kappa shape index (κ1) is 17.3. The highest BCUT2D eigenvalue weighted by Crippen LogP contribution is 2.35. The molecule has 1 aliphatic carbocycles. The number of thiazole rings is 1. The molecule has 3 aromatic rings. The van der Waals surface area contributed by atoms with Crippen molar-refractivity contribution in [3.8, 4) is 5.75 Å². The summed E-state index contributed by atoms with van der Waals surface area (Å²) in [4.78, 5) is 27.1. The number of hydrogen-bond donors (Lipinski definition) is 1. The highest BCUT2D eigenvalue weighted by Gasteiger charge is 2.39. The molecule has 5 rings (SSSR count). The summed E-state index contributed by atoms with van der Waals surface area (Å²) in [6, 6.07) is 4.72. The predicted octanol–water partition coefficient (Wildman–Crippen LogP) is 2.39. The fourth-order valence-electron chi connectivity index (χ4n) is 3.56. The molecule has 0 unspecified atom stereocenters. The van der Waals surface area contributed by atoms with Gasteiger partial charge in [0, 0.05) is 37.5 Å². The molecule has 144 valence electrons. The van der Waals surface area contributed by atoms with Crippen LogP contribution in [0.4, 0.5) is 10.3 Å². The Balaban J connectivity index is 1.10. The van der Waals surface area contributed by atoms with Gasteiger partial charge in [-0.2, -0.15) is 0 Å². The number of amides is 1. The summed E-state index contributed by atoms with van der Waals surface area (Å²) < 4.78 is 20.4. The van der Waals surface area contributed by atoms with E-state index >= 15 is 0 Å². The molecule has 3 heterocycles. The number of aromatic nitrogens is 3. The van der Waals surface area contributed by atoms with E-state index < -0.39 is 0 Å². The first-order chi connectivity index (χ1) is 13.7. The van der Waals surface area contributed by atoms with Crippen LogP contribution in [0.3, 0.4) is 0 Å². The van der Waals surface area contributed by atoms with Crippen molar-refractivity contribution >= 4 is 33.4 Å². The molecule has 1 saturated carbocycles. The van der Waals surface area contributed by atoms with Gasteiger partial charge in [0.25, 0.3) is 0 Å². The summed E-state index contributed by atoms with van der Waals surface area (Å²) in [5.41, 5.74) is 2.35. The number of carbonyl (C=O) groups excluding carboxylic acids is 1. The number of rotatable bonds is 5. The molecule has 0 spiro atoms. The molecule has 28 heavy (non-hydrogen) atoms. The normalized spacial score (nSPS) is 21.8. The third-order valence-corrected chi connectivity index (χ3v) is 5.96. The highest BCUT2D eigenvalue weighted by atomic mass is 32.1. The third kappa shape index (κ3) is 3.26. The smallest absolute Gasteiger partial charge is 0.225 e. The van der Waals surface area contributed by atoms with Crippen molar-refractivity contribution in [1.82, 2.24) is 20.3 Å². The van der Waals surface area contributed by atoms with Crippen molar-refractivity contribution in [1.29, 1.82) is 0 Å². The maximum Gasteiger partial charge on any atom is 0.225 e. The van der Waals surface area contributed by atoms with Crippen LogP contribution in [0.15, 0.2) is 36.1 Å². The lowest BCUT2D eigenvalue weighted by Crippen LogP contribution is -2.61. The third-order valence-electron chi connectivity index (χ3n) is 5.19. The van der Waals surface area contributed by atoms with Crippen molar-refractivity contribution in [2.24, 2.45) is 5.92 Å². The van der Waals surface area contributed by atoms with Gasteiger partial charge < -0.3 is 15.0 Å². The molecule has 2 aliphatic rings. The van der Waals surface area contributed by atoms with E-state index in [0.29, 0.717) is 43.1 Å². The van der Waals surface area contributed by atoms with Crippen LogP contribution in [-0.4, -0.2) is 46.1 Å². The Hall–Kier alpha value is -2.81. The van der Waals surface area contributed by atoms with Gasteiger partial charge in [0.1, 0.15) is 23.2 Å². The van der Waals surface area contributed by atoms with Gasteiger partial charge in [-0.1, -0.05) is 0 Å². The van der Waals surface area contributed by atoms with Crippen molar-refractivity contribution in [2.45, 2.75) is 25.0 Å². The Morgan fingerprint density at radius 3 is 2.79 bits per heavy atom. The monoisotopic (exact) mass is 399 g/mol. The van der Waals surface area contributed by atoms with E-state index in [1.807, 2.05) is 4.90 Å². The first-order valence-corrected chi connectivity index (χ1v) is 10.1. The first-order valence-electron chi connectivity index (χ1n) is 9.17. The molecule has 0 radical (unpaired) electrons. The molecule has 1 aliphatic heterocycles. The zero-order valence-electron chi connectivity index (χ0n) is 14.9. The summed E-state index contributed by atoms with van der Waals surface area (Å²) in [6.45, 7) is 1.43. The van der Waals surface area contributed by atoms with Gasteiger partial charge in [-0.25, -0.2) is 19.3 Å². The Kier molecular flexibility index (Phi) is 4.31. The van der Waals surface area contributed by atoms with Crippen LogP contribution < -0.4 is 15.0 Å². The Morgan fingerprint density at radius 2 is 2.00 bits per heavy atom. The van der Waals surface area contributed by atoms with Crippen LogP contribution in [-0.2, 0) is 4.79 Å². The van der Waals surface area contributed by atoms with Gasteiger partial charge in [-0.15, -0.1) is 11.3 Å². The second-order valence-electron chi connectivity index (χ2n) is 7.17. The van der Waals surface area contributed by atoms with Gasteiger partial charge in [0.15, 0.2) is 0 Å². The quantitative estimate of drug-likeness (QED) is 0.710. The standard InChI is InChI=1S/C19H18FN5O2S/c20-12-6-15(17-16(7-12)28-10-23-17)27-14-4-11(5-14)18(26)24-13-8-25(9-13)19-21-2-1-3-22-19/h1-3,6-7,10-11,13-14H,4-5,8-9H2,(H,24,26). The number of nitrogens with one attached hydrogen (secondary N) is 1. The van der Waals surface area contributed by atoms with Crippen molar-refractivity contribution in [3.05, 3.63) is 41.9 Å². The fraction of sp³-hybridized carbons (Fsp3) is 0.368. The van der Waals surface area contributed by atoms with E-state index in [9.17, 15) is 9.18 Å². The van der Waals surface area contributed by atoms with Gasteiger partial charge in [-0.05, 0) is 25.0 Å². The average Bonchev–Trinajstić information content (AvgIpc) is 3.09. The molecular weight excluding hydrogens is 381 g/mol. The van der Waals surface area contributed by atoms with Gasteiger partial charge in [-0.3, -0.25) is 4.79 Å². The van der Waals surface area contributed by atoms with Crippen LogP contribution in [0.2, 0.25) is 0 Å². The van der Waals surface area contributed by atoms with Crippen molar-refractivity contribution < 1.29 is 13.9 Å². The number of nitrogens with zero attached hydrogens (tertiary/aromatic N) is 4. The number of fused-ring (bicyclic) bond motifs is 1. The van der Waals surface area contributed by atoms with E-state index in [2.05, 4.69) is 20.3 Å². The van der Waals surface area contributed by atoms with Crippen LogP contribution >= 0.6 is 11.3 Å².